The third kappa shape index (κ3) is 4.39. The Kier molecular flexibility index (Phi) is 5.96. The van der Waals surface area contributed by atoms with Gasteiger partial charge in [0.25, 0.3) is 0 Å². The lowest BCUT2D eigenvalue weighted by molar-refractivity contribution is 0.154. The van der Waals surface area contributed by atoms with E-state index < -0.39 is 0 Å². The summed E-state index contributed by atoms with van der Waals surface area (Å²) in [6, 6.07) is 12.8. The largest absolute Gasteiger partial charge is 0.489 e. The highest BCUT2D eigenvalue weighted by atomic mass is 16.5. The predicted molar refractivity (Wildman–Crippen MR) is 152 cm³/mol. The zero-order valence-electron chi connectivity index (χ0n) is 21.8. The van der Waals surface area contributed by atoms with Gasteiger partial charge in [0, 0.05) is 54.9 Å². The summed E-state index contributed by atoms with van der Waals surface area (Å²) in [5, 5.41) is 10.1. The van der Waals surface area contributed by atoms with Crippen molar-refractivity contribution in [2.75, 3.05) is 38.1 Å². The van der Waals surface area contributed by atoms with E-state index in [-0.39, 0.29) is 0 Å². The van der Waals surface area contributed by atoms with Gasteiger partial charge < -0.3 is 19.5 Å². The first-order valence-electron chi connectivity index (χ1n) is 13.7. The van der Waals surface area contributed by atoms with Crippen molar-refractivity contribution in [2.24, 2.45) is 0 Å². The van der Waals surface area contributed by atoms with E-state index in [2.05, 4.69) is 62.2 Å². The number of nitrogens with zero attached hydrogens (tertiary/aromatic N) is 5. The molecule has 0 amide bonds. The fourth-order valence-corrected chi connectivity index (χ4v) is 5.85. The fourth-order valence-electron chi connectivity index (χ4n) is 5.85. The molecule has 0 spiro atoms. The first kappa shape index (κ1) is 23.2. The second-order valence-electron chi connectivity index (χ2n) is 10.7. The number of hydrogen-bond donors (Lipinski definition) is 2. The minimum Gasteiger partial charge on any atom is -0.489 e. The number of piperazine rings is 1. The number of benzene rings is 1. The van der Waals surface area contributed by atoms with Gasteiger partial charge in [-0.3, -0.25) is 10.1 Å². The topological polar surface area (TPSA) is 86.0 Å². The third-order valence-electron chi connectivity index (χ3n) is 8.05. The molecule has 8 nitrogen and oxygen atoms in total. The molecule has 5 aromatic rings. The summed E-state index contributed by atoms with van der Waals surface area (Å²) in [7, 11) is 2.17. The van der Waals surface area contributed by atoms with Crippen LogP contribution in [-0.4, -0.2) is 69.4 Å². The Morgan fingerprint density at radius 2 is 1.74 bits per heavy atom. The highest BCUT2D eigenvalue weighted by Gasteiger charge is 2.20. The molecule has 1 aliphatic carbocycles. The van der Waals surface area contributed by atoms with Gasteiger partial charge in [-0.25, -0.2) is 4.98 Å². The summed E-state index contributed by atoms with van der Waals surface area (Å²) >= 11 is 0. The Bertz CT molecular complexity index is 1570. The molecule has 2 N–H and O–H groups in total. The first-order valence-corrected chi connectivity index (χ1v) is 13.7. The van der Waals surface area contributed by atoms with E-state index in [1.54, 1.807) is 0 Å². The number of hydrogen-bond acceptors (Lipinski definition) is 6. The van der Waals surface area contributed by atoms with Gasteiger partial charge in [-0.15, -0.1) is 0 Å². The van der Waals surface area contributed by atoms with E-state index in [1.165, 1.54) is 19.3 Å². The molecule has 1 saturated carbocycles. The molecule has 0 bridgehead atoms. The van der Waals surface area contributed by atoms with Gasteiger partial charge in [0.15, 0.2) is 0 Å². The molecule has 194 valence electrons. The van der Waals surface area contributed by atoms with Crippen molar-refractivity contribution in [3.8, 4) is 28.3 Å². The average Bonchev–Trinajstić information content (AvgIpc) is 3.58. The van der Waals surface area contributed by atoms with Crippen LogP contribution in [0.4, 0.5) is 5.82 Å². The Morgan fingerprint density at radius 3 is 2.61 bits per heavy atom. The van der Waals surface area contributed by atoms with Crippen LogP contribution < -0.4 is 9.64 Å². The molecule has 38 heavy (non-hydrogen) atoms. The van der Waals surface area contributed by atoms with Gasteiger partial charge in [0.2, 0.25) is 0 Å². The molecule has 7 rings (SSSR count). The van der Waals surface area contributed by atoms with E-state index >= 15 is 0 Å². The van der Waals surface area contributed by atoms with Gasteiger partial charge >= 0.3 is 0 Å². The second kappa shape index (κ2) is 9.76. The number of rotatable bonds is 5. The van der Waals surface area contributed by atoms with Gasteiger partial charge in [0.05, 0.1) is 29.0 Å². The number of aromatic amines is 2. The Balaban J connectivity index is 1.22. The molecular weight excluding hydrogens is 474 g/mol. The summed E-state index contributed by atoms with van der Waals surface area (Å²) in [6.45, 7) is 4.05. The number of anilines is 1. The van der Waals surface area contributed by atoms with E-state index in [4.69, 9.17) is 14.8 Å². The summed E-state index contributed by atoms with van der Waals surface area (Å²) < 4.78 is 6.29. The number of aromatic nitrogens is 5. The molecule has 1 aromatic carbocycles. The Hall–Kier alpha value is -3.91. The van der Waals surface area contributed by atoms with E-state index in [0.717, 1.165) is 94.9 Å². The number of likely N-dealkylation sites (N-methyl/N-ethyl adjacent to an activating group) is 1. The van der Waals surface area contributed by atoms with Crippen LogP contribution in [0.2, 0.25) is 0 Å². The van der Waals surface area contributed by atoms with E-state index in [0.29, 0.717) is 6.10 Å². The van der Waals surface area contributed by atoms with Crippen LogP contribution in [0.15, 0.2) is 55.0 Å². The van der Waals surface area contributed by atoms with Gasteiger partial charge in [0.1, 0.15) is 17.3 Å². The SMILES string of the molecule is CN1CCN(c2nccc3[nH]c(-c4n[nH]c5ccc(-c6cncc(OC7CCCCC7)c6)cc45)cc23)CC1. The molecule has 0 radical (unpaired) electrons. The molecule has 4 aromatic heterocycles. The summed E-state index contributed by atoms with van der Waals surface area (Å²) in [4.78, 5) is 17.6. The smallest absolute Gasteiger partial charge is 0.138 e. The number of H-pyrrole nitrogens is 2. The average molecular weight is 508 g/mol. The van der Waals surface area contributed by atoms with Crippen LogP contribution >= 0.6 is 0 Å². The molecule has 0 atom stereocenters. The molecule has 8 heteroatoms. The van der Waals surface area contributed by atoms with Crippen LogP contribution in [0, 0.1) is 0 Å². The summed E-state index contributed by atoms with van der Waals surface area (Å²) in [5.74, 6) is 1.89. The lowest BCUT2D eigenvalue weighted by Gasteiger charge is -2.33. The van der Waals surface area contributed by atoms with Crippen molar-refractivity contribution in [2.45, 2.75) is 38.2 Å². The second-order valence-corrected chi connectivity index (χ2v) is 10.7. The molecule has 1 saturated heterocycles. The van der Waals surface area contributed by atoms with Crippen molar-refractivity contribution < 1.29 is 4.74 Å². The normalized spacial score (nSPS) is 17.4. The van der Waals surface area contributed by atoms with Crippen molar-refractivity contribution in [1.82, 2.24) is 30.0 Å². The fraction of sp³-hybridized carbons (Fsp3) is 0.367. The minimum atomic E-state index is 0.302. The molecule has 5 heterocycles. The molecule has 2 fully saturated rings. The maximum atomic E-state index is 6.29. The molecule has 2 aliphatic rings. The van der Waals surface area contributed by atoms with Gasteiger partial charge in [-0.1, -0.05) is 12.5 Å². The van der Waals surface area contributed by atoms with Gasteiger partial charge in [-0.2, -0.15) is 5.10 Å². The summed E-state index contributed by atoms with van der Waals surface area (Å²) in [5.41, 5.74) is 6.11. The number of pyridine rings is 2. The predicted octanol–water partition coefficient (Wildman–Crippen LogP) is 5.63. The lowest BCUT2D eigenvalue weighted by atomic mass is 9.98. The molecular formula is C30H33N7O. The van der Waals surface area contributed by atoms with Gasteiger partial charge in [-0.05, 0) is 68.6 Å². The zero-order chi connectivity index (χ0) is 25.5. The number of ether oxygens (including phenoxy) is 1. The van der Waals surface area contributed by atoms with Crippen molar-refractivity contribution in [3.05, 3.63) is 55.0 Å². The van der Waals surface area contributed by atoms with Crippen LogP contribution in [0.25, 0.3) is 44.3 Å². The van der Waals surface area contributed by atoms with Crippen LogP contribution in [-0.2, 0) is 0 Å². The zero-order valence-corrected chi connectivity index (χ0v) is 21.8. The highest BCUT2D eigenvalue weighted by Crippen LogP contribution is 2.35. The first-order chi connectivity index (χ1) is 18.7. The maximum Gasteiger partial charge on any atom is 0.138 e. The Morgan fingerprint density at radius 1 is 0.868 bits per heavy atom. The van der Waals surface area contributed by atoms with Crippen LogP contribution in [0.3, 0.4) is 0 Å². The van der Waals surface area contributed by atoms with Crippen molar-refractivity contribution in [1.29, 1.82) is 0 Å². The third-order valence-corrected chi connectivity index (χ3v) is 8.05. The van der Waals surface area contributed by atoms with Crippen molar-refractivity contribution in [3.63, 3.8) is 0 Å². The standard InChI is InChI=1S/C30H33N7O/c1-36-11-13-37(14-12-36)30-25-17-28(33-26(25)9-10-32-30)29-24-16-20(7-8-27(24)34-35-29)21-15-23(19-31-18-21)38-22-5-3-2-4-6-22/h7-10,15-19,22,33H,2-6,11-14H2,1H3,(H,34,35). The van der Waals surface area contributed by atoms with E-state index in [9.17, 15) is 0 Å². The molecule has 1 aliphatic heterocycles. The highest BCUT2D eigenvalue weighted by molar-refractivity contribution is 6.00. The van der Waals surface area contributed by atoms with E-state index in [1.807, 2.05) is 24.7 Å². The Labute approximate surface area is 222 Å². The minimum absolute atomic E-state index is 0.302. The number of nitrogens with one attached hydrogen (secondary N) is 2. The summed E-state index contributed by atoms with van der Waals surface area (Å²) in [6.07, 6.45) is 12.0. The van der Waals surface area contributed by atoms with Crippen LogP contribution in [0.1, 0.15) is 32.1 Å². The monoisotopic (exact) mass is 507 g/mol. The lowest BCUT2D eigenvalue weighted by Crippen LogP contribution is -2.44. The molecule has 0 unspecified atom stereocenters. The van der Waals surface area contributed by atoms with Crippen molar-refractivity contribution >= 4 is 27.6 Å². The quantitative estimate of drug-likeness (QED) is 0.321. The number of fused-ring (bicyclic) bond motifs is 2. The van der Waals surface area contributed by atoms with Crippen LogP contribution in [0.5, 0.6) is 5.75 Å². The maximum absolute atomic E-state index is 6.29.